The number of amides is 2. The molecule has 108 valence electrons. The van der Waals surface area contributed by atoms with Gasteiger partial charge in [-0.05, 0) is 12.8 Å². The molecule has 0 aromatic heterocycles. The standard InChI is InChI=1S/C14H23NO4/c1-3-5-6-8-11(7-4-2)14(18)19-15-12(16)9-10-13(15)17/h11H,3-10H2,1-2H3. The molecule has 1 unspecified atom stereocenters. The Labute approximate surface area is 114 Å². The highest BCUT2D eigenvalue weighted by Crippen LogP contribution is 2.20. The van der Waals surface area contributed by atoms with Gasteiger partial charge in [0.2, 0.25) is 0 Å². The molecular weight excluding hydrogens is 246 g/mol. The maximum absolute atomic E-state index is 12.0. The third-order valence-corrected chi connectivity index (χ3v) is 3.31. The summed E-state index contributed by atoms with van der Waals surface area (Å²) in [5.74, 6) is -1.48. The predicted molar refractivity (Wildman–Crippen MR) is 69.7 cm³/mol. The van der Waals surface area contributed by atoms with Crippen LogP contribution in [0.3, 0.4) is 0 Å². The molecule has 0 aromatic rings. The van der Waals surface area contributed by atoms with E-state index < -0.39 is 17.8 Å². The lowest BCUT2D eigenvalue weighted by atomic mass is 9.97. The molecule has 5 nitrogen and oxygen atoms in total. The maximum atomic E-state index is 12.0. The van der Waals surface area contributed by atoms with Crippen molar-refractivity contribution >= 4 is 17.8 Å². The first kappa shape index (κ1) is 15.7. The average Bonchev–Trinajstić information content (AvgIpc) is 2.69. The number of hydrogen-bond acceptors (Lipinski definition) is 4. The Bertz CT molecular complexity index is 324. The van der Waals surface area contributed by atoms with Gasteiger partial charge in [0.05, 0.1) is 5.92 Å². The molecule has 1 rings (SSSR count). The number of hydroxylamine groups is 2. The van der Waals surface area contributed by atoms with E-state index in [-0.39, 0.29) is 18.8 Å². The number of carbonyl (C=O) groups is 3. The third-order valence-electron chi connectivity index (χ3n) is 3.31. The van der Waals surface area contributed by atoms with Crippen LogP contribution < -0.4 is 0 Å². The van der Waals surface area contributed by atoms with E-state index in [9.17, 15) is 14.4 Å². The van der Waals surface area contributed by atoms with Gasteiger partial charge in [0, 0.05) is 12.8 Å². The van der Waals surface area contributed by atoms with Crippen LogP contribution in [0.15, 0.2) is 0 Å². The van der Waals surface area contributed by atoms with E-state index in [0.717, 1.165) is 38.5 Å². The molecular formula is C14H23NO4. The van der Waals surface area contributed by atoms with E-state index in [1.807, 2.05) is 6.92 Å². The van der Waals surface area contributed by atoms with Crippen LogP contribution in [0.2, 0.25) is 0 Å². The zero-order valence-corrected chi connectivity index (χ0v) is 11.8. The van der Waals surface area contributed by atoms with E-state index in [0.29, 0.717) is 5.06 Å². The van der Waals surface area contributed by atoms with Crippen molar-refractivity contribution in [1.82, 2.24) is 5.06 Å². The van der Waals surface area contributed by atoms with Gasteiger partial charge in [-0.2, -0.15) is 0 Å². The molecule has 1 saturated heterocycles. The number of hydrogen-bond donors (Lipinski definition) is 0. The molecule has 0 N–H and O–H groups in total. The molecule has 0 bridgehead atoms. The highest BCUT2D eigenvalue weighted by molar-refractivity contribution is 6.01. The minimum absolute atomic E-state index is 0.139. The van der Waals surface area contributed by atoms with Gasteiger partial charge in [-0.15, -0.1) is 5.06 Å². The summed E-state index contributed by atoms with van der Waals surface area (Å²) >= 11 is 0. The van der Waals surface area contributed by atoms with E-state index in [1.165, 1.54) is 0 Å². The SMILES string of the molecule is CCCCCC(CCC)C(=O)ON1C(=O)CCC1=O. The highest BCUT2D eigenvalue weighted by atomic mass is 16.7. The quantitative estimate of drug-likeness (QED) is 0.502. The molecule has 1 fully saturated rings. The van der Waals surface area contributed by atoms with Gasteiger partial charge in [-0.3, -0.25) is 9.59 Å². The largest absolute Gasteiger partial charge is 0.336 e. The first-order valence-corrected chi connectivity index (χ1v) is 7.17. The Morgan fingerprint density at radius 3 is 2.26 bits per heavy atom. The van der Waals surface area contributed by atoms with Crippen molar-refractivity contribution in [1.29, 1.82) is 0 Å². The van der Waals surface area contributed by atoms with Crippen molar-refractivity contribution in [3.05, 3.63) is 0 Å². The fraction of sp³-hybridized carbons (Fsp3) is 0.786. The Morgan fingerprint density at radius 1 is 1.11 bits per heavy atom. The van der Waals surface area contributed by atoms with Gasteiger partial charge < -0.3 is 4.84 Å². The second-order valence-electron chi connectivity index (χ2n) is 4.97. The molecule has 0 aliphatic carbocycles. The second-order valence-corrected chi connectivity index (χ2v) is 4.97. The molecule has 19 heavy (non-hydrogen) atoms. The normalized spacial score (nSPS) is 16.8. The predicted octanol–water partition coefficient (Wildman–Crippen LogP) is 2.59. The van der Waals surface area contributed by atoms with E-state index in [1.54, 1.807) is 0 Å². The minimum atomic E-state index is -0.443. The lowest BCUT2D eigenvalue weighted by Gasteiger charge is -2.18. The molecule has 1 aliphatic heterocycles. The molecule has 0 aromatic carbocycles. The summed E-state index contributed by atoms with van der Waals surface area (Å²) < 4.78 is 0. The molecule has 1 heterocycles. The van der Waals surface area contributed by atoms with Crippen LogP contribution in [0.25, 0.3) is 0 Å². The fourth-order valence-corrected chi connectivity index (χ4v) is 2.19. The molecule has 1 atom stereocenters. The highest BCUT2D eigenvalue weighted by Gasteiger charge is 2.34. The number of rotatable bonds is 8. The van der Waals surface area contributed by atoms with Crippen LogP contribution in [0.1, 0.15) is 65.2 Å². The molecule has 0 spiro atoms. The zero-order chi connectivity index (χ0) is 14.3. The lowest BCUT2D eigenvalue weighted by molar-refractivity contribution is -0.201. The fourth-order valence-electron chi connectivity index (χ4n) is 2.19. The van der Waals surface area contributed by atoms with Crippen molar-refractivity contribution in [3.8, 4) is 0 Å². The molecule has 0 saturated carbocycles. The van der Waals surface area contributed by atoms with Crippen molar-refractivity contribution in [2.24, 2.45) is 5.92 Å². The van der Waals surface area contributed by atoms with Crippen molar-refractivity contribution < 1.29 is 19.2 Å². The number of carbonyl (C=O) groups excluding carboxylic acids is 3. The molecule has 0 radical (unpaired) electrons. The second kappa shape index (κ2) is 7.92. The summed E-state index contributed by atoms with van der Waals surface area (Å²) in [7, 11) is 0. The first-order chi connectivity index (χ1) is 9.10. The first-order valence-electron chi connectivity index (χ1n) is 7.17. The van der Waals surface area contributed by atoms with E-state index in [2.05, 4.69) is 6.92 Å². The van der Waals surface area contributed by atoms with Crippen LogP contribution in [-0.4, -0.2) is 22.8 Å². The monoisotopic (exact) mass is 269 g/mol. The molecule has 5 heteroatoms. The Hall–Kier alpha value is -1.39. The van der Waals surface area contributed by atoms with Crippen LogP contribution in [0.4, 0.5) is 0 Å². The van der Waals surface area contributed by atoms with Crippen LogP contribution in [-0.2, 0) is 19.2 Å². The maximum Gasteiger partial charge on any atom is 0.336 e. The number of nitrogens with zero attached hydrogens (tertiary/aromatic N) is 1. The van der Waals surface area contributed by atoms with Gasteiger partial charge in [0.25, 0.3) is 11.8 Å². The van der Waals surface area contributed by atoms with E-state index in [4.69, 9.17) is 4.84 Å². The van der Waals surface area contributed by atoms with Gasteiger partial charge in [0.15, 0.2) is 0 Å². The Morgan fingerprint density at radius 2 is 1.74 bits per heavy atom. The van der Waals surface area contributed by atoms with E-state index >= 15 is 0 Å². The number of imide groups is 1. The summed E-state index contributed by atoms with van der Waals surface area (Å²) in [5, 5.41) is 0.644. The summed E-state index contributed by atoms with van der Waals surface area (Å²) in [5.41, 5.74) is 0. The Balaban J connectivity index is 2.51. The summed E-state index contributed by atoms with van der Waals surface area (Å²) in [6, 6.07) is 0. The topological polar surface area (TPSA) is 63.7 Å². The van der Waals surface area contributed by atoms with Crippen LogP contribution >= 0.6 is 0 Å². The van der Waals surface area contributed by atoms with Crippen LogP contribution in [0.5, 0.6) is 0 Å². The van der Waals surface area contributed by atoms with Crippen molar-refractivity contribution in [2.75, 3.05) is 0 Å². The average molecular weight is 269 g/mol. The van der Waals surface area contributed by atoms with Gasteiger partial charge in [-0.1, -0.05) is 39.5 Å². The van der Waals surface area contributed by atoms with Gasteiger partial charge in [0.1, 0.15) is 0 Å². The third kappa shape index (κ3) is 4.65. The summed E-state index contributed by atoms with van der Waals surface area (Å²) in [4.78, 5) is 39.8. The van der Waals surface area contributed by atoms with Crippen molar-refractivity contribution in [3.63, 3.8) is 0 Å². The number of unbranched alkanes of at least 4 members (excludes halogenated alkanes) is 2. The smallest absolute Gasteiger partial charge is 0.330 e. The Kier molecular flexibility index (Phi) is 6.53. The summed E-state index contributed by atoms with van der Waals surface area (Å²) in [6.07, 6.45) is 5.80. The van der Waals surface area contributed by atoms with Crippen molar-refractivity contribution in [2.45, 2.75) is 65.2 Å². The summed E-state index contributed by atoms with van der Waals surface area (Å²) in [6.45, 7) is 4.11. The zero-order valence-electron chi connectivity index (χ0n) is 11.8. The van der Waals surface area contributed by atoms with Crippen LogP contribution in [0, 0.1) is 5.92 Å². The molecule has 2 amide bonds. The lowest BCUT2D eigenvalue weighted by Crippen LogP contribution is -2.34. The minimum Gasteiger partial charge on any atom is -0.330 e. The molecule has 1 aliphatic rings. The van der Waals surface area contributed by atoms with Gasteiger partial charge in [-0.25, -0.2) is 4.79 Å². The van der Waals surface area contributed by atoms with Gasteiger partial charge >= 0.3 is 5.97 Å².